The SMILES string of the molecule is C#COCC(=O)OC(=O)Cc1ccccc1. The Morgan fingerprint density at radius 2 is 1.88 bits per heavy atom. The lowest BCUT2D eigenvalue weighted by Gasteiger charge is -2.01. The zero-order chi connectivity index (χ0) is 11.8. The maximum Gasteiger partial charge on any atom is 0.352 e. The molecule has 0 aliphatic carbocycles. The molecule has 1 rings (SSSR count). The van der Waals surface area contributed by atoms with Crippen LogP contribution in [0, 0.1) is 12.5 Å². The van der Waals surface area contributed by atoms with Gasteiger partial charge in [-0.25, -0.2) is 4.79 Å². The standard InChI is InChI=1S/C12H10O4/c1-2-15-9-12(14)16-11(13)8-10-6-4-3-5-7-10/h1,3-7H,8-9H2. The maximum absolute atomic E-state index is 11.2. The van der Waals surface area contributed by atoms with E-state index in [1.165, 1.54) is 0 Å². The molecule has 0 saturated heterocycles. The van der Waals surface area contributed by atoms with Crippen LogP contribution in [-0.4, -0.2) is 18.5 Å². The molecule has 0 bridgehead atoms. The molecule has 0 aromatic heterocycles. The third kappa shape index (κ3) is 4.29. The van der Waals surface area contributed by atoms with Crippen molar-refractivity contribution >= 4 is 11.9 Å². The van der Waals surface area contributed by atoms with Gasteiger partial charge in [0.05, 0.1) is 6.42 Å². The van der Waals surface area contributed by atoms with Crippen LogP contribution in [0.15, 0.2) is 30.3 Å². The quantitative estimate of drug-likeness (QED) is 0.428. The Morgan fingerprint density at radius 3 is 2.50 bits per heavy atom. The number of esters is 2. The van der Waals surface area contributed by atoms with E-state index in [0.29, 0.717) is 0 Å². The predicted molar refractivity (Wildman–Crippen MR) is 56.0 cm³/mol. The van der Waals surface area contributed by atoms with Crippen molar-refractivity contribution in [2.75, 3.05) is 6.61 Å². The van der Waals surface area contributed by atoms with Crippen LogP contribution >= 0.6 is 0 Å². The summed E-state index contributed by atoms with van der Waals surface area (Å²) in [5, 5.41) is 0. The molecule has 4 nitrogen and oxygen atoms in total. The number of carbonyl (C=O) groups excluding carboxylic acids is 2. The number of carbonyl (C=O) groups is 2. The van der Waals surface area contributed by atoms with Gasteiger partial charge in [0.1, 0.15) is 6.11 Å². The predicted octanol–water partition coefficient (Wildman–Crippen LogP) is 0.906. The Hall–Kier alpha value is -2.28. The molecule has 0 fully saturated rings. The fourth-order valence-electron chi connectivity index (χ4n) is 1.06. The van der Waals surface area contributed by atoms with E-state index < -0.39 is 18.5 Å². The van der Waals surface area contributed by atoms with Crippen molar-refractivity contribution in [3.05, 3.63) is 35.9 Å². The summed E-state index contributed by atoms with van der Waals surface area (Å²) >= 11 is 0. The molecule has 1 aromatic carbocycles. The van der Waals surface area contributed by atoms with E-state index in [-0.39, 0.29) is 6.42 Å². The van der Waals surface area contributed by atoms with Crippen LogP contribution < -0.4 is 0 Å². The fraction of sp³-hybridized carbons (Fsp3) is 0.167. The lowest BCUT2D eigenvalue weighted by Crippen LogP contribution is -2.18. The normalized spacial score (nSPS) is 8.94. The summed E-state index contributed by atoms with van der Waals surface area (Å²) in [6.45, 7) is -0.420. The van der Waals surface area contributed by atoms with Crippen molar-refractivity contribution in [2.45, 2.75) is 6.42 Å². The molecule has 0 saturated carbocycles. The van der Waals surface area contributed by atoms with Crippen molar-refractivity contribution in [1.29, 1.82) is 0 Å². The Bertz CT molecular complexity index is 403. The van der Waals surface area contributed by atoms with Gasteiger partial charge in [0.2, 0.25) is 0 Å². The summed E-state index contributed by atoms with van der Waals surface area (Å²) in [5.74, 6) is -1.42. The summed E-state index contributed by atoms with van der Waals surface area (Å²) in [4.78, 5) is 22.2. The molecule has 0 aliphatic rings. The second-order valence-corrected chi connectivity index (χ2v) is 2.91. The van der Waals surface area contributed by atoms with Crippen LogP contribution in [0.25, 0.3) is 0 Å². The molecule has 0 spiro atoms. The summed E-state index contributed by atoms with van der Waals surface area (Å²) < 4.78 is 8.81. The molecule has 0 atom stereocenters. The fourth-order valence-corrected chi connectivity index (χ4v) is 1.06. The molecule has 16 heavy (non-hydrogen) atoms. The highest BCUT2D eigenvalue weighted by Crippen LogP contribution is 2.00. The number of hydrogen-bond acceptors (Lipinski definition) is 4. The summed E-state index contributed by atoms with van der Waals surface area (Å²) in [7, 11) is 0. The monoisotopic (exact) mass is 218 g/mol. The number of ether oxygens (including phenoxy) is 2. The highest BCUT2D eigenvalue weighted by atomic mass is 16.6. The largest absolute Gasteiger partial charge is 0.435 e. The second-order valence-electron chi connectivity index (χ2n) is 2.91. The average molecular weight is 218 g/mol. The van der Waals surface area contributed by atoms with Gasteiger partial charge in [0.15, 0.2) is 6.61 Å². The zero-order valence-corrected chi connectivity index (χ0v) is 8.51. The Labute approximate surface area is 93.2 Å². The molecule has 0 unspecified atom stereocenters. The molecule has 0 aliphatic heterocycles. The van der Waals surface area contributed by atoms with Crippen molar-refractivity contribution in [3.8, 4) is 12.5 Å². The Morgan fingerprint density at radius 1 is 1.19 bits per heavy atom. The van der Waals surface area contributed by atoms with Gasteiger partial charge in [-0.15, -0.1) is 0 Å². The van der Waals surface area contributed by atoms with Gasteiger partial charge in [-0.3, -0.25) is 4.79 Å². The van der Waals surface area contributed by atoms with Crippen LogP contribution in [-0.2, 0) is 25.5 Å². The minimum absolute atomic E-state index is 0.0443. The van der Waals surface area contributed by atoms with Crippen molar-refractivity contribution in [2.24, 2.45) is 0 Å². The molecule has 0 radical (unpaired) electrons. The minimum atomic E-state index is -0.793. The Kier molecular flexibility index (Phi) is 4.61. The highest BCUT2D eigenvalue weighted by molar-refractivity contribution is 5.87. The molecule has 0 amide bonds. The van der Waals surface area contributed by atoms with E-state index in [9.17, 15) is 9.59 Å². The van der Waals surface area contributed by atoms with Crippen LogP contribution in [0.4, 0.5) is 0 Å². The van der Waals surface area contributed by atoms with Gasteiger partial charge in [-0.2, -0.15) is 0 Å². The summed E-state index contributed by atoms with van der Waals surface area (Å²) in [5.41, 5.74) is 0.776. The van der Waals surface area contributed by atoms with Gasteiger partial charge in [-0.05, 0) is 5.56 Å². The van der Waals surface area contributed by atoms with Crippen LogP contribution in [0.2, 0.25) is 0 Å². The van der Waals surface area contributed by atoms with Crippen molar-refractivity contribution < 1.29 is 19.1 Å². The van der Waals surface area contributed by atoms with E-state index in [4.69, 9.17) is 6.42 Å². The van der Waals surface area contributed by atoms with E-state index in [1.807, 2.05) is 12.2 Å². The lowest BCUT2D eigenvalue weighted by atomic mass is 10.2. The van der Waals surface area contributed by atoms with Crippen LogP contribution in [0.3, 0.4) is 0 Å². The number of rotatable bonds is 4. The first-order valence-electron chi connectivity index (χ1n) is 4.57. The number of terminal acetylenes is 1. The Balaban J connectivity index is 2.37. The molecule has 0 heterocycles. The van der Waals surface area contributed by atoms with E-state index in [1.54, 1.807) is 24.3 Å². The van der Waals surface area contributed by atoms with E-state index in [0.717, 1.165) is 5.56 Å². The first-order valence-corrected chi connectivity index (χ1v) is 4.57. The van der Waals surface area contributed by atoms with Gasteiger partial charge in [0.25, 0.3) is 0 Å². The second kappa shape index (κ2) is 6.25. The summed E-state index contributed by atoms with van der Waals surface area (Å²) in [6.07, 6.45) is 6.62. The van der Waals surface area contributed by atoms with Crippen LogP contribution in [0.5, 0.6) is 0 Å². The molecule has 82 valence electrons. The van der Waals surface area contributed by atoms with Crippen LogP contribution in [0.1, 0.15) is 5.56 Å². The van der Waals surface area contributed by atoms with Gasteiger partial charge < -0.3 is 9.47 Å². The van der Waals surface area contributed by atoms with E-state index >= 15 is 0 Å². The molecule has 0 N–H and O–H groups in total. The third-order valence-electron chi connectivity index (χ3n) is 1.69. The molecule has 1 aromatic rings. The van der Waals surface area contributed by atoms with Crippen molar-refractivity contribution in [1.82, 2.24) is 0 Å². The zero-order valence-electron chi connectivity index (χ0n) is 8.51. The molecular weight excluding hydrogens is 208 g/mol. The molecular formula is C12H10O4. The smallest absolute Gasteiger partial charge is 0.352 e. The van der Waals surface area contributed by atoms with Crippen molar-refractivity contribution in [3.63, 3.8) is 0 Å². The van der Waals surface area contributed by atoms with Gasteiger partial charge in [-0.1, -0.05) is 36.8 Å². The maximum atomic E-state index is 11.2. The first kappa shape index (κ1) is 11.8. The molecule has 4 heteroatoms. The lowest BCUT2D eigenvalue weighted by molar-refractivity contribution is -0.161. The van der Waals surface area contributed by atoms with Gasteiger partial charge >= 0.3 is 11.9 Å². The number of benzene rings is 1. The average Bonchev–Trinajstić information content (AvgIpc) is 2.27. The third-order valence-corrected chi connectivity index (χ3v) is 1.69. The topological polar surface area (TPSA) is 52.6 Å². The van der Waals surface area contributed by atoms with E-state index in [2.05, 4.69) is 9.47 Å². The van der Waals surface area contributed by atoms with Gasteiger partial charge in [0, 0.05) is 0 Å². The minimum Gasteiger partial charge on any atom is -0.435 e. The number of hydrogen-bond donors (Lipinski definition) is 0. The summed E-state index contributed by atoms with van der Waals surface area (Å²) in [6, 6.07) is 8.96. The highest BCUT2D eigenvalue weighted by Gasteiger charge is 2.10. The first-order chi connectivity index (χ1) is 7.72.